The zero-order valence-electron chi connectivity index (χ0n) is 11.0. The van der Waals surface area contributed by atoms with Crippen molar-refractivity contribution in [3.63, 3.8) is 0 Å². The maximum atomic E-state index is 5.75. The summed E-state index contributed by atoms with van der Waals surface area (Å²) in [6.45, 7) is 1.98. The number of thiazole rings is 1. The number of anilines is 1. The molecule has 0 saturated carbocycles. The molecule has 0 unspecified atom stereocenters. The van der Waals surface area contributed by atoms with Crippen molar-refractivity contribution in [3.8, 4) is 0 Å². The molecule has 0 saturated heterocycles. The van der Waals surface area contributed by atoms with Crippen molar-refractivity contribution in [2.45, 2.75) is 19.8 Å². The van der Waals surface area contributed by atoms with Gasteiger partial charge in [0.25, 0.3) is 0 Å². The number of hydrogen-bond donors (Lipinski definition) is 1. The van der Waals surface area contributed by atoms with Gasteiger partial charge >= 0.3 is 0 Å². The topological polar surface area (TPSA) is 77.8 Å². The van der Waals surface area contributed by atoms with Crippen molar-refractivity contribution >= 4 is 17.0 Å². The van der Waals surface area contributed by atoms with E-state index in [1.54, 1.807) is 11.3 Å². The number of aryl methyl sites for hydroxylation is 1. The molecule has 0 spiro atoms. The molecule has 0 bridgehead atoms. The lowest BCUT2D eigenvalue weighted by Crippen LogP contribution is -1.93. The Morgan fingerprint density at radius 1 is 1.25 bits per heavy atom. The molecule has 0 atom stereocenters. The van der Waals surface area contributed by atoms with Crippen molar-refractivity contribution in [2.75, 3.05) is 5.73 Å². The van der Waals surface area contributed by atoms with E-state index in [9.17, 15) is 0 Å². The molecule has 1 aromatic carbocycles. The molecule has 0 aliphatic carbocycles. The fourth-order valence-corrected chi connectivity index (χ4v) is 2.58. The van der Waals surface area contributed by atoms with Crippen molar-refractivity contribution in [1.82, 2.24) is 15.1 Å². The molecule has 0 aliphatic heterocycles. The van der Waals surface area contributed by atoms with Crippen LogP contribution in [0.5, 0.6) is 0 Å². The second-order valence-electron chi connectivity index (χ2n) is 4.56. The highest BCUT2D eigenvalue weighted by Gasteiger charge is 2.09. The van der Waals surface area contributed by atoms with Crippen LogP contribution in [0.2, 0.25) is 0 Å². The molecule has 6 heteroatoms. The predicted molar refractivity (Wildman–Crippen MR) is 77.6 cm³/mol. The maximum absolute atomic E-state index is 5.75. The molecule has 102 valence electrons. The zero-order chi connectivity index (χ0) is 13.9. The highest BCUT2D eigenvalue weighted by molar-refractivity contribution is 7.09. The molecule has 5 nitrogen and oxygen atoms in total. The molecule has 2 heterocycles. The zero-order valence-corrected chi connectivity index (χ0v) is 11.9. The standard InChI is InChI=1S/C14H14N4OS/c1-9-16-12(8-20-9)7-13-17-14(19-18-13)6-10-3-2-4-11(15)5-10/h2-5,8H,6-7,15H2,1H3. The number of rotatable bonds is 4. The molecule has 2 N–H and O–H groups in total. The minimum atomic E-state index is 0.591. The molecule has 0 radical (unpaired) electrons. The summed E-state index contributed by atoms with van der Waals surface area (Å²) in [6, 6.07) is 7.67. The fraction of sp³-hybridized carbons (Fsp3) is 0.214. The summed E-state index contributed by atoms with van der Waals surface area (Å²) < 4.78 is 5.26. The predicted octanol–water partition coefficient (Wildman–Crippen LogP) is 2.60. The van der Waals surface area contributed by atoms with Crippen LogP contribution in [0.3, 0.4) is 0 Å². The van der Waals surface area contributed by atoms with Gasteiger partial charge in [0.1, 0.15) is 0 Å². The van der Waals surface area contributed by atoms with E-state index < -0.39 is 0 Å². The van der Waals surface area contributed by atoms with Gasteiger partial charge in [0.05, 0.1) is 23.5 Å². The Hall–Kier alpha value is -2.21. The largest absolute Gasteiger partial charge is 0.399 e. The van der Waals surface area contributed by atoms with Gasteiger partial charge in [-0.25, -0.2) is 4.98 Å². The third-order valence-electron chi connectivity index (χ3n) is 2.82. The van der Waals surface area contributed by atoms with E-state index >= 15 is 0 Å². The van der Waals surface area contributed by atoms with Crippen LogP contribution in [0.4, 0.5) is 5.69 Å². The Bertz CT molecular complexity index is 719. The number of nitrogens with two attached hydrogens (primary N) is 1. The molecule has 3 aromatic rings. The third kappa shape index (κ3) is 3.03. The summed E-state index contributed by atoms with van der Waals surface area (Å²) in [5, 5.41) is 7.05. The van der Waals surface area contributed by atoms with Crippen LogP contribution in [0.25, 0.3) is 0 Å². The summed E-state index contributed by atoms with van der Waals surface area (Å²) in [7, 11) is 0. The minimum absolute atomic E-state index is 0.591. The molecule has 3 rings (SSSR count). The number of benzene rings is 1. The molecular formula is C14H14N4OS. The highest BCUT2D eigenvalue weighted by atomic mass is 32.1. The second kappa shape index (κ2) is 5.42. The van der Waals surface area contributed by atoms with Crippen LogP contribution >= 0.6 is 11.3 Å². The van der Waals surface area contributed by atoms with Gasteiger partial charge in [-0.2, -0.15) is 4.98 Å². The van der Waals surface area contributed by atoms with Gasteiger partial charge in [0, 0.05) is 11.1 Å². The fourth-order valence-electron chi connectivity index (χ4n) is 1.96. The molecule has 0 aliphatic rings. The van der Waals surface area contributed by atoms with Gasteiger partial charge < -0.3 is 10.3 Å². The smallest absolute Gasteiger partial charge is 0.231 e. The Morgan fingerprint density at radius 2 is 2.15 bits per heavy atom. The van der Waals surface area contributed by atoms with E-state index in [1.165, 1.54) is 0 Å². The molecule has 20 heavy (non-hydrogen) atoms. The Morgan fingerprint density at radius 3 is 2.90 bits per heavy atom. The quantitative estimate of drug-likeness (QED) is 0.746. The van der Waals surface area contributed by atoms with Gasteiger partial charge in [0.2, 0.25) is 5.89 Å². The average Bonchev–Trinajstić information content (AvgIpc) is 3.00. The van der Waals surface area contributed by atoms with E-state index in [0.717, 1.165) is 22.0 Å². The van der Waals surface area contributed by atoms with E-state index in [2.05, 4.69) is 15.1 Å². The lowest BCUT2D eigenvalue weighted by Gasteiger charge is -1.97. The van der Waals surface area contributed by atoms with Crippen LogP contribution in [0.15, 0.2) is 34.2 Å². The van der Waals surface area contributed by atoms with Gasteiger partial charge in [-0.3, -0.25) is 0 Å². The molecule has 0 fully saturated rings. The van der Waals surface area contributed by atoms with Crippen molar-refractivity contribution in [2.24, 2.45) is 0 Å². The van der Waals surface area contributed by atoms with Crippen LogP contribution in [-0.2, 0) is 12.8 Å². The second-order valence-corrected chi connectivity index (χ2v) is 5.62. The van der Waals surface area contributed by atoms with Gasteiger partial charge in [0.15, 0.2) is 5.82 Å². The summed E-state index contributed by atoms with van der Waals surface area (Å²) >= 11 is 1.62. The monoisotopic (exact) mass is 286 g/mol. The van der Waals surface area contributed by atoms with Gasteiger partial charge in [-0.1, -0.05) is 17.3 Å². The first-order chi connectivity index (χ1) is 9.69. The number of hydrogen-bond acceptors (Lipinski definition) is 6. The first-order valence-corrected chi connectivity index (χ1v) is 7.14. The Labute approximate surface area is 120 Å². The normalized spacial score (nSPS) is 10.8. The van der Waals surface area contributed by atoms with Crippen molar-refractivity contribution < 1.29 is 4.52 Å². The lowest BCUT2D eigenvalue weighted by molar-refractivity contribution is 0.380. The van der Waals surface area contributed by atoms with Gasteiger partial charge in [-0.15, -0.1) is 11.3 Å². The highest BCUT2D eigenvalue weighted by Crippen LogP contribution is 2.14. The lowest BCUT2D eigenvalue weighted by atomic mass is 10.1. The van der Waals surface area contributed by atoms with Crippen LogP contribution < -0.4 is 5.73 Å². The summed E-state index contributed by atoms with van der Waals surface area (Å²) in [4.78, 5) is 8.78. The van der Waals surface area contributed by atoms with Gasteiger partial charge in [-0.05, 0) is 24.6 Å². The van der Waals surface area contributed by atoms with Crippen LogP contribution in [0, 0.1) is 6.92 Å². The van der Waals surface area contributed by atoms with Crippen molar-refractivity contribution in [1.29, 1.82) is 0 Å². The SMILES string of the molecule is Cc1nc(Cc2noc(Cc3cccc(N)c3)n2)cs1. The molecule has 0 amide bonds. The van der Waals surface area contributed by atoms with Crippen LogP contribution in [-0.4, -0.2) is 15.1 Å². The maximum Gasteiger partial charge on any atom is 0.231 e. The van der Waals surface area contributed by atoms with Crippen molar-refractivity contribution in [3.05, 3.63) is 57.6 Å². The number of aromatic nitrogens is 3. The molecule has 2 aromatic heterocycles. The van der Waals surface area contributed by atoms with Crippen LogP contribution in [0.1, 0.15) is 28.0 Å². The number of nitrogens with zero attached hydrogens (tertiary/aromatic N) is 3. The average molecular weight is 286 g/mol. The molecular weight excluding hydrogens is 272 g/mol. The minimum Gasteiger partial charge on any atom is -0.399 e. The van der Waals surface area contributed by atoms with E-state index in [4.69, 9.17) is 10.3 Å². The van der Waals surface area contributed by atoms with E-state index in [1.807, 2.05) is 36.6 Å². The summed E-state index contributed by atoms with van der Waals surface area (Å²) in [5.41, 5.74) is 8.52. The first-order valence-electron chi connectivity index (χ1n) is 6.26. The number of nitrogen functional groups attached to an aromatic ring is 1. The first kappa shape index (κ1) is 12.8. The Kier molecular flexibility index (Phi) is 3.47. The summed E-state index contributed by atoms with van der Waals surface area (Å²) in [5.74, 6) is 1.26. The van der Waals surface area contributed by atoms with E-state index in [0.29, 0.717) is 24.6 Å². The summed E-state index contributed by atoms with van der Waals surface area (Å²) in [6.07, 6.45) is 1.19. The van der Waals surface area contributed by atoms with E-state index in [-0.39, 0.29) is 0 Å². The third-order valence-corrected chi connectivity index (χ3v) is 3.64. The Balaban J connectivity index is 1.70.